The Morgan fingerprint density at radius 3 is 2.96 bits per heavy atom. The number of pyridine rings is 1. The van der Waals surface area contributed by atoms with Gasteiger partial charge in [-0.05, 0) is 31.9 Å². The molecular weight excluding hydrogens is 312 g/mol. The van der Waals surface area contributed by atoms with Crippen molar-refractivity contribution in [3.63, 3.8) is 0 Å². The normalized spacial score (nSPS) is 17.7. The molecule has 1 aromatic heterocycles. The summed E-state index contributed by atoms with van der Waals surface area (Å²) in [5, 5.41) is 15.3. The number of nitrogens with zero attached hydrogens (tertiary/aromatic N) is 2. The number of nitrogens with two attached hydrogens (primary N) is 1. The van der Waals surface area contributed by atoms with Crippen LogP contribution in [0.5, 0.6) is 0 Å². The van der Waals surface area contributed by atoms with E-state index in [-0.39, 0.29) is 24.9 Å². The van der Waals surface area contributed by atoms with E-state index in [0.717, 1.165) is 11.4 Å². The molecule has 0 fully saturated rings. The zero-order chi connectivity index (χ0) is 17.5. The number of oxime groups is 1. The summed E-state index contributed by atoms with van der Waals surface area (Å²) >= 11 is 0. The number of nitrogen functional groups attached to an aromatic ring is 1. The van der Waals surface area contributed by atoms with Gasteiger partial charge in [0.1, 0.15) is 11.9 Å². The molecule has 24 heavy (non-hydrogen) atoms. The number of anilines is 1. The van der Waals surface area contributed by atoms with E-state index in [4.69, 9.17) is 15.7 Å². The number of hydrogen-bond acceptors (Lipinski definition) is 6. The van der Waals surface area contributed by atoms with Crippen molar-refractivity contribution in [2.24, 2.45) is 5.16 Å². The van der Waals surface area contributed by atoms with E-state index in [1.165, 1.54) is 0 Å². The lowest BCUT2D eigenvalue weighted by Crippen LogP contribution is -2.36. The minimum atomic E-state index is -0.944. The van der Waals surface area contributed by atoms with Crippen molar-refractivity contribution in [2.45, 2.75) is 51.2 Å². The molecule has 130 valence electrons. The molecule has 0 saturated carbocycles. The number of aryl methyl sites for hydroxylation is 1. The predicted molar refractivity (Wildman–Crippen MR) is 88.4 cm³/mol. The second-order valence-corrected chi connectivity index (χ2v) is 5.91. The Kier molecular flexibility index (Phi) is 6.11. The molecule has 0 radical (unpaired) electrons. The highest BCUT2D eigenvalue weighted by Gasteiger charge is 2.24. The van der Waals surface area contributed by atoms with Crippen LogP contribution in [0.15, 0.2) is 23.4 Å². The molecule has 2 heterocycles. The van der Waals surface area contributed by atoms with Crippen molar-refractivity contribution >= 4 is 23.4 Å². The molecule has 0 aliphatic carbocycles. The van der Waals surface area contributed by atoms with E-state index in [1.807, 2.05) is 12.1 Å². The van der Waals surface area contributed by atoms with Gasteiger partial charge < -0.3 is 21.0 Å². The molecule has 1 amide bonds. The van der Waals surface area contributed by atoms with Crippen LogP contribution in [0.25, 0.3) is 0 Å². The van der Waals surface area contributed by atoms with Crippen molar-refractivity contribution < 1.29 is 19.5 Å². The molecule has 2 rings (SSSR count). The van der Waals surface area contributed by atoms with Gasteiger partial charge in [0.15, 0.2) is 0 Å². The number of amides is 1. The molecule has 1 aliphatic heterocycles. The van der Waals surface area contributed by atoms with Gasteiger partial charge in [-0.25, -0.2) is 4.98 Å². The maximum Gasteiger partial charge on any atom is 0.305 e. The molecule has 0 aromatic carbocycles. The molecule has 0 bridgehead atoms. The molecule has 0 spiro atoms. The smallest absolute Gasteiger partial charge is 0.305 e. The van der Waals surface area contributed by atoms with E-state index >= 15 is 0 Å². The predicted octanol–water partition coefficient (Wildman–Crippen LogP) is 1.11. The maximum absolute atomic E-state index is 11.9. The molecule has 2 unspecified atom stereocenters. The van der Waals surface area contributed by atoms with Gasteiger partial charge in [0.2, 0.25) is 5.91 Å². The van der Waals surface area contributed by atoms with Gasteiger partial charge in [-0.3, -0.25) is 9.59 Å². The lowest BCUT2D eigenvalue weighted by atomic mass is 10.0. The molecule has 2 atom stereocenters. The molecule has 0 saturated heterocycles. The summed E-state index contributed by atoms with van der Waals surface area (Å²) in [6.07, 6.45) is 1.75. The quantitative estimate of drug-likeness (QED) is 0.653. The highest BCUT2D eigenvalue weighted by atomic mass is 16.6. The minimum absolute atomic E-state index is 0.105. The van der Waals surface area contributed by atoms with E-state index in [1.54, 1.807) is 13.0 Å². The summed E-state index contributed by atoms with van der Waals surface area (Å²) in [6, 6.07) is 5.09. The third kappa shape index (κ3) is 5.86. The van der Waals surface area contributed by atoms with Crippen LogP contribution < -0.4 is 11.1 Å². The summed E-state index contributed by atoms with van der Waals surface area (Å²) < 4.78 is 0. The van der Waals surface area contributed by atoms with E-state index in [2.05, 4.69) is 15.5 Å². The third-order valence-electron chi connectivity index (χ3n) is 3.59. The van der Waals surface area contributed by atoms with Gasteiger partial charge in [-0.15, -0.1) is 0 Å². The average Bonchev–Trinajstić information content (AvgIpc) is 2.91. The fourth-order valence-corrected chi connectivity index (χ4v) is 2.51. The van der Waals surface area contributed by atoms with Gasteiger partial charge in [0.25, 0.3) is 0 Å². The summed E-state index contributed by atoms with van der Waals surface area (Å²) in [5.74, 6) is -0.689. The van der Waals surface area contributed by atoms with E-state index in [0.29, 0.717) is 25.1 Å². The lowest BCUT2D eigenvalue weighted by molar-refractivity contribution is -0.137. The largest absolute Gasteiger partial charge is 0.481 e. The highest BCUT2D eigenvalue weighted by Crippen LogP contribution is 2.17. The Morgan fingerprint density at radius 1 is 1.46 bits per heavy atom. The van der Waals surface area contributed by atoms with Gasteiger partial charge in [-0.2, -0.15) is 0 Å². The topological polar surface area (TPSA) is 127 Å². The second kappa shape index (κ2) is 8.28. The van der Waals surface area contributed by atoms with Gasteiger partial charge in [0, 0.05) is 18.2 Å². The minimum Gasteiger partial charge on any atom is -0.481 e. The fraction of sp³-hybridized carbons (Fsp3) is 0.500. The average molecular weight is 334 g/mol. The van der Waals surface area contributed by atoms with Crippen LogP contribution in [-0.2, 0) is 20.8 Å². The highest BCUT2D eigenvalue weighted by molar-refractivity contribution is 5.87. The van der Waals surface area contributed by atoms with Crippen LogP contribution >= 0.6 is 0 Å². The number of carbonyl (C=O) groups excluding carboxylic acids is 1. The number of rotatable bonds is 8. The Balaban J connectivity index is 1.70. The van der Waals surface area contributed by atoms with Crippen molar-refractivity contribution in [3.8, 4) is 0 Å². The maximum atomic E-state index is 11.9. The van der Waals surface area contributed by atoms with Crippen LogP contribution in [0.1, 0.15) is 38.3 Å². The number of aliphatic carboxylic acids is 1. The van der Waals surface area contributed by atoms with Crippen LogP contribution in [0.2, 0.25) is 0 Å². The first-order valence-electron chi connectivity index (χ1n) is 7.86. The van der Waals surface area contributed by atoms with E-state index in [9.17, 15) is 9.59 Å². The van der Waals surface area contributed by atoms with Gasteiger partial charge in [-0.1, -0.05) is 11.2 Å². The first kappa shape index (κ1) is 17.7. The molecule has 1 aromatic rings. The second-order valence-electron chi connectivity index (χ2n) is 5.91. The Labute approximate surface area is 140 Å². The number of hydrogen-bond donors (Lipinski definition) is 3. The standard InChI is InChI=1S/C16H22N4O4/c1-10(7-16(22)23)18-15(21)9-13-8-12(20-24-13)6-5-11-3-2-4-14(17)19-11/h2-4,10,13H,5-9H2,1H3,(H2,17,19)(H,18,21)(H,22,23). The van der Waals surface area contributed by atoms with Crippen LogP contribution in [0.4, 0.5) is 5.82 Å². The molecule has 8 nitrogen and oxygen atoms in total. The fourth-order valence-electron chi connectivity index (χ4n) is 2.51. The van der Waals surface area contributed by atoms with Crippen molar-refractivity contribution in [2.75, 3.05) is 5.73 Å². The van der Waals surface area contributed by atoms with E-state index < -0.39 is 12.0 Å². The number of carboxylic acid groups (broad SMARTS) is 1. The number of carboxylic acids is 1. The molecule has 8 heteroatoms. The van der Waals surface area contributed by atoms with Crippen LogP contribution in [-0.4, -0.2) is 39.8 Å². The number of nitrogens with one attached hydrogen (secondary N) is 1. The zero-order valence-electron chi connectivity index (χ0n) is 13.6. The van der Waals surface area contributed by atoms with Gasteiger partial charge in [0.05, 0.1) is 18.6 Å². The van der Waals surface area contributed by atoms with Crippen molar-refractivity contribution in [1.29, 1.82) is 0 Å². The van der Waals surface area contributed by atoms with Gasteiger partial charge >= 0.3 is 5.97 Å². The van der Waals surface area contributed by atoms with Crippen molar-refractivity contribution in [1.82, 2.24) is 10.3 Å². The van der Waals surface area contributed by atoms with Crippen LogP contribution in [0.3, 0.4) is 0 Å². The summed E-state index contributed by atoms with van der Waals surface area (Å²) in [5.41, 5.74) is 7.42. The lowest BCUT2D eigenvalue weighted by Gasteiger charge is -2.13. The molecular formula is C16H22N4O4. The Hall–Kier alpha value is -2.64. The number of carbonyl (C=O) groups is 2. The zero-order valence-corrected chi connectivity index (χ0v) is 13.6. The number of aromatic nitrogens is 1. The SMILES string of the molecule is CC(CC(=O)O)NC(=O)CC1CC(CCc2cccc(N)n2)=NO1. The third-order valence-corrected chi connectivity index (χ3v) is 3.59. The molecule has 4 N–H and O–H groups in total. The van der Waals surface area contributed by atoms with Crippen LogP contribution in [0, 0.1) is 0 Å². The Morgan fingerprint density at radius 2 is 2.25 bits per heavy atom. The molecule has 1 aliphatic rings. The monoisotopic (exact) mass is 334 g/mol. The Bertz CT molecular complexity index is 632. The first-order chi connectivity index (χ1) is 11.4. The summed E-state index contributed by atoms with van der Waals surface area (Å²) in [6.45, 7) is 1.65. The summed E-state index contributed by atoms with van der Waals surface area (Å²) in [7, 11) is 0. The first-order valence-corrected chi connectivity index (χ1v) is 7.86. The summed E-state index contributed by atoms with van der Waals surface area (Å²) in [4.78, 5) is 31.9. The van der Waals surface area contributed by atoms with Crippen molar-refractivity contribution in [3.05, 3.63) is 23.9 Å².